The highest BCUT2D eigenvalue weighted by Crippen LogP contribution is 2.08. The lowest BCUT2D eigenvalue weighted by Crippen LogP contribution is -2.39. The van der Waals surface area contributed by atoms with Crippen LogP contribution in [0, 0.1) is 6.92 Å². The molecule has 0 spiro atoms. The molecule has 1 aromatic rings. The van der Waals surface area contributed by atoms with Crippen LogP contribution in [0.5, 0.6) is 0 Å². The molecule has 3 N–H and O–H groups in total. The van der Waals surface area contributed by atoms with Gasteiger partial charge in [0.2, 0.25) is 5.91 Å². The maximum atomic E-state index is 12.2. The van der Waals surface area contributed by atoms with Crippen molar-refractivity contribution >= 4 is 11.7 Å². The van der Waals surface area contributed by atoms with Crippen molar-refractivity contribution in [2.24, 2.45) is 10.9 Å². The number of hydrogen-bond acceptors (Lipinski definition) is 3. The zero-order chi connectivity index (χ0) is 15.0. The predicted molar refractivity (Wildman–Crippen MR) is 79.8 cm³/mol. The van der Waals surface area contributed by atoms with Gasteiger partial charge >= 0.3 is 0 Å². The minimum atomic E-state index is 0.0277. The molecular formula is C15H23N3O2. The largest absolute Gasteiger partial charge is 0.409 e. The number of hydrogen-bond donors (Lipinski definition) is 2. The zero-order valence-electron chi connectivity index (χ0n) is 12.2. The highest BCUT2D eigenvalue weighted by atomic mass is 16.4. The third-order valence-corrected chi connectivity index (χ3v) is 3.04. The second-order valence-electron chi connectivity index (χ2n) is 4.90. The molecule has 110 valence electrons. The van der Waals surface area contributed by atoms with Gasteiger partial charge in [-0.15, -0.1) is 0 Å². The van der Waals surface area contributed by atoms with E-state index in [1.54, 1.807) is 4.90 Å². The summed E-state index contributed by atoms with van der Waals surface area (Å²) in [7, 11) is 0. The lowest BCUT2D eigenvalue weighted by atomic mass is 10.1. The molecule has 5 nitrogen and oxygen atoms in total. The first-order valence-corrected chi connectivity index (χ1v) is 6.86. The molecule has 0 unspecified atom stereocenters. The second kappa shape index (κ2) is 8.19. The van der Waals surface area contributed by atoms with E-state index < -0.39 is 0 Å². The fourth-order valence-corrected chi connectivity index (χ4v) is 2.07. The molecule has 20 heavy (non-hydrogen) atoms. The third kappa shape index (κ3) is 5.30. The highest BCUT2D eigenvalue weighted by molar-refractivity contribution is 5.86. The summed E-state index contributed by atoms with van der Waals surface area (Å²) in [5.74, 6) is 0.0855. The number of carbonyl (C=O) groups excluding carboxylic acids is 1. The fourth-order valence-electron chi connectivity index (χ4n) is 2.07. The first-order chi connectivity index (χ1) is 9.56. The van der Waals surface area contributed by atoms with E-state index in [9.17, 15) is 4.79 Å². The minimum Gasteiger partial charge on any atom is -0.409 e. The number of carbonyl (C=O) groups is 1. The van der Waals surface area contributed by atoms with Crippen molar-refractivity contribution in [1.82, 2.24) is 4.90 Å². The van der Waals surface area contributed by atoms with Gasteiger partial charge < -0.3 is 15.8 Å². The van der Waals surface area contributed by atoms with Gasteiger partial charge in [-0.3, -0.25) is 4.79 Å². The van der Waals surface area contributed by atoms with Crippen molar-refractivity contribution in [3.8, 4) is 0 Å². The lowest BCUT2D eigenvalue weighted by Gasteiger charge is -2.21. The summed E-state index contributed by atoms with van der Waals surface area (Å²) in [4.78, 5) is 13.8. The molecule has 0 saturated carbocycles. The average molecular weight is 277 g/mol. The van der Waals surface area contributed by atoms with Gasteiger partial charge in [0.1, 0.15) is 0 Å². The number of benzene rings is 1. The van der Waals surface area contributed by atoms with E-state index in [4.69, 9.17) is 10.9 Å². The van der Waals surface area contributed by atoms with E-state index in [1.165, 1.54) is 5.56 Å². The topological polar surface area (TPSA) is 78.9 Å². The van der Waals surface area contributed by atoms with Crippen molar-refractivity contribution in [3.63, 3.8) is 0 Å². The van der Waals surface area contributed by atoms with Gasteiger partial charge in [0.05, 0.1) is 6.54 Å². The standard InChI is InChI=1S/C15H23N3O2/c1-3-9-18(11-14(16)17-20)15(19)8-7-13-6-4-5-12(2)10-13/h4-6,10,20H,3,7-9,11H2,1-2H3,(H2,16,17). The normalized spacial score (nSPS) is 11.4. The molecule has 1 amide bonds. The monoisotopic (exact) mass is 277 g/mol. The zero-order valence-corrected chi connectivity index (χ0v) is 12.2. The molecule has 0 saturated heterocycles. The minimum absolute atomic E-state index is 0.0277. The Bertz CT molecular complexity index is 472. The van der Waals surface area contributed by atoms with Crippen LogP contribution in [0.3, 0.4) is 0 Å². The SMILES string of the molecule is CCCN(CC(N)=NO)C(=O)CCc1cccc(C)c1. The Kier molecular flexibility index (Phi) is 6.56. The van der Waals surface area contributed by atoms with E-state index in [0.717, 1.165) is 12.0 Å². The van der Waals surface area contributed by atoms with Crippen LogP contribution in [0.1, 0.15) is 30.9 Å². The molecule has 0 radical (unpaired) electrons. The molecule has 0 fully saturated rings. The van der Waals surface area contributed by atoms with Crippen LogP contribution in [0.25, 0.3) is 0 Å². The lowest BCUT2D eigenvalue weighted by molar-refractivity contribution is -0.130. The van der Waals surface area contributed by atoms with Gasteiger partial charge in [-0.2, -0.15) is 0 Å². The average Bonchev–Trinajstić information content (AvgIpc) is 2.44. The fraction of sp³-hybridized carbons (Fsp3) is 0.467. The van der Waals surface area contributed by atoms with Crippen molar-refractivity contribution in [3.05, 3.63) is 35.4 Å². The quantitative estimate of drug-likeness (QED) is 0.346. The van der Waals surface area contributed by atoms with Crippen molar-refractivity contribution < 1.29 is 10.0 Å². The highest BCUT2D eigenvalue weighted by Gasteiger charge is 2.14. The van der Waals surface area contributed by atoms with Crippen LogP contribution in [0.4, 0.5) is 0 Å². The van der Waals surface area contributed by atoms with E-state index in [-0.39, 0.29) is 18.3 Å². The molecule has 5 heteroatoms. The number of rotatable bonds is 7. The Hall–Kier alpha value is -2.04. The molecule has 0 aliphatic carbocycles. The summed E-state index contributed by atoms with van der Waals surface area (Å²) in [5.41, 5.74) is 7.82. The summed E-state index contributed by atoms with van der Waals surface area (Å²) in [6.45, 7) is 4.82. The Morgan fingerprint density at radius 3 is 2.80 bits per heavy atom. The Morgan fingerprint density at radius 1 is 1.45 bits per heavy atom. The second-order valence-corrected chi connectivity index (χ2v) is 4.90. The number of nitrogens with two attached hydrogens (primary N) is 1. The predicted octanol–water partition coefficient (Wildman–Crippen LogP) is 1.91. The molecule has 1 rings (SSSR count). The molecule has 0 aliphatic heterocycles. The number of aryl methyl sites for hydroxylation is 2. The molecule has 0 aliphatic rings. The smallest absolute Gasteiger partial charge is 0.223 e. The van der Waals surface area contributed by atoms with Crippen molar-refractivity contribution in [1.29, 1.82) is 0 Å². The number of amidine groups is 1. The summed E-state index contributed by atoms with van der Waals surface area (Å²) in [6.07, 6.45) is 1.98. The van der Waals surface area contributed by atoms with Gasteiger partial charge in [-0.05, 0) is 25.3 Å². The van der Waals surface area contributed by atoms with Gasteiger partial charge in [-0.1, -0.05) is 41.9 Å². The van der Waals surface area contributed by atoms with Crippen LogP contribution >= 0.6 is 0 Å². The maximum Gasteiger partial charge on any atom is 0.223 e. The Balaban J connectivity index is 2.57. The molecule has 0 aromatic heterocycles. The van der Waals surface area contributed by atoms with Crippen LogP contribution < -0.4 is 5.73 Å². The summed E-state index contributed by atoms with van der Waals surface area (Å²) < 4.78 is 0. The Labute approximate surface area is 120 Å². The molecule has 0 atom stereocenters. The van der Waals surface area contributed by atoms with Crippen LogP contribution in [0.15, 0.2) is 29.4 Å². The first kappa shape index (κ1) is 16.0. The molecule has 0 heterocycles. The van der Waals surface area contributed by atoms with E-state index in [1.807, 2.05) is 32.0 Å². The summed E-state index contributed by atoms with van der Waals surface area (Å²) >= 11 is 0. The van der Waals surface area contributed by atoms with Gasteiger partial charge in [0.25, 0.3) is 0 Å². The number of oxime groups is 1. The van der Waals surface area contributed by atoms with Crippen LogP contribution in [-0.4, -0.2) is 34.9 Å². The van der Waals surface area contributed by atoms with Crippen molar-refractivity contribution in [2.75, 3.05) is 13.1 Å². The molecule has 0 bridgehead atoms. The Morgan fingerprint density at radius 2 is 2.20 bits per heavy atom. The van der Waals surface area contributed by atoms with Gasteiger partial charge in [0.15, 0.2) is 5.84 Å². The van der Waals surface area contributed by atoms with E-state index in [2.05, 4.69) is 11.2 Å². The van der Waals surface area contributed by atoms with E-state index in [0.29, 0.717) is 19.4 Å². The third-order valence-electron chi connectivity index (χ3n) is 3.04. The summed E-state index contributed by atoms with van der Waals surface area (Å²) in [6, 6.07) is 8.14. The first-order valence-electron chi connectivity index (χ1n) is 6.86. The summed E-state index contributed by atoms with van der Waals surface area (Å²) in [5, 5.41) is 11.5. The van der Waals surface area contributed by atoms with Gasteiger partial charge in [-0.25, -0.2) is 0 Å². The van der Waals surface area contributed by atoms with Crippen LogP contribution in [0.2, 0.25) is 0 Å². The molecule has 1 aromatic carbocycles. The van der Waals surface area contributed by atoms with Crippen molar-refractivity contribution in [2.45, 2.75) is 33.1 Å². The van der Waals surface area contributed by atoms with Gasteiger partial charge in [0, 0.05) is 13.0 Å². The van der Waals surface area contributed by atoms with E-state index >= 15 is 0 Å². The maximum absolute atomic E-state index is 12.2. The number of nitrogens with zero attached hydrogens (tertiary/aromatic N) is 2. The van der Waals surface area contributed by atoms with Crippen LogP contribution in [-0.2, 0) is 11.2 Å². The molecular weight excluding hydrogens is 254 g/mol. The number of amides is 1.